The molecule has 0 aliphatic heterocycles. The number of pyridine rings is 1. The van der Waals surface area contributed by atoms with Crippen LogP contribution in [0, 0.1) is 6.92 Å². The minimum atomic E-state index is -0.117. The second kappa shape index (κ2) is 11.3. The number of hydrogen-bond acceptors (Lipinski definition) is 6. The highest BCUT2D eigenvalue weighted by atomic mass is 35.5. The lowest BCUT2D eigenvalue weighted by atomic mass is 10.2. The fourth-order valence-electron chi connectivity index (χ4n) is 1.75. The van der Waals surface area contributed by atoms with Crippen molar-refractivity contribution in [1.29, 1.82) is 0 Å². The number of carbonyl (C=O) groups excluding carboxylic acids is 1. The van der Waals surface area contributed by atoms with Crippen molar-refractivity contribution in [2.75, 3.05) is 13.6 Å². The summed E-state index contributed by atoms with van der Waals surface area (Å²) >= 11 is 1.47. The van der Waals surface area contributed by atoms with Gasteiger partial charge < -0.3 is 15.2 Å². The van der Waals surface area contributed by atoms with Crippen molar-refractivity contribution < 1.29 is 9.32 Å². The second-order valence-corrected chi connectivity index (χ2v) is 5.94. The lowest BCUT2D eigenvalue weighted by molar-refractivity contribution is 0.0947. The molecule has 9 heteroatoms. The van der Waals surface area contributed by atoms with Crippen LogP contribution in [0.2, 0.25) is 0 Å². The summed E-state index contributed by atoms with van der Waals surface area (Å²) in [4.78, 5) is 16.6. The molecule has 2 heterocycles. The quantitative estimate of drug-likeness (QED) is 0.705. The molecule has 0 saturated heterocycles. The number of nitrogens with zero attached hydrogens (tertiary/aromatic N) is 2. The summed E-state index contributed by atoms with van der Waals surface area (Å²) in [6, 6.07) is 5.64. The van der Waals surface area contributed by atoms with Crippen LogP contribution in [-0.2, 0) is 5.75 Å². The Labute approximate surface area is 158 Å². The lowest BCUT2D eigenvalue weighted by Crippen LogP contribution is -2.37. The van der Waals surface area contributed by atoms with Gasteiger partial charge in [-0.25, -0.2) is 4.98 Å². The molecule has 134 valence electrons. The van der Waals surface area contributed by atoms with E-state index in [9.17, 15) is 4.79 Å². The summed E-state index contributed by atoms with van der Waals surface area (Å²) in [5.74, 6) is 1.27. The Morgan fingerprint density at radius 2 is 2.17 bits per heavy atom. The Kier molecular flexibility index (Phi) is 10.7. The number of amides is 1. The Morgan fingerprint density at radius 1 is 1.42 bits per heavy atom. The highest BCUT2D eigenvalue weighted by Gasteiger charge is 2.14. The van der Waals surface area contributed by atoms with Gasteiger partial charge in [0.25, 0.3) is 5.91 Å². The summed E-state index contributed by atoms with van der Waals surface area (Å²) < 4.78 is 5.04. The normalized spacial score (nSPS) is 11.1. The first-order valence-corrected chi connectivity index (χ1v) is 8.04. The number of aryl methyl sites for hydroxylation is 1. The molecule has 6 nitrogen and oxygen atoms in total. The van der Waals surface area contributed by atoms with E-state index in [0.717, 1.165) is 11.5 Å². The SMILES string of the molecule is CNC(C)CNC(=O)c1cccnc1SCc1cc(C)on1.Cl.Cl. The number of carbonyl (C=O) groups is 1. The molecule has 1 unspecified atom stereocenters. The van der Waals surface area contributed by atoms with Crippen LogP contribution in [0.15, 0.2) is 33.9 Å². The molecular formula is C15H22Cl2N4O2S. The third-order valence-electron chi connectivity index (χ3n) is 3.11. The largest absolute Gasteiger partial charge is 0.361 e. The zero-order chi connectivity index (χ0) is 15.9. The van der Waals surface area contributed by atoms with E-state index in [2.05, 4.69) is 20.8 Å². The number of thioether (sulfide) groups is 1. The Balaban J connectivity index is 0.00000264. The van der Waals surface area contributed by atoms with Gasteiger partial charge in [0.15, 0.2) is 0 Å². The van der Waals surface area contributed by atoms with E-state index in [4.69, 9.17) is 4.52 Å². The first-order chi connectivity index (χ1) is 10.6. The second-order valence-electron chi connectivity index (χ2n) is 4.97. The van der Waals surface area contributed by atoms with Crippen LogP contribution in [0.5, 0.6) is 0 Å². The van der Waals surface area contributed by atoms with Gasteiger partial charge in [-0.2, -0.15) is 0 Å². The molecule has 0 fully saturated rings. The molecule has 1 atom stereocenters. The van der Waals surface area contributed by atoms with Gasteiger partial charge in [-0.15, -0.1) is 24.8 Å². The van der Waals surface area contributed by atoms with Crippen LogP contribution >= 0.6 is 36.6 Å². The molecule has 0 saturated carbocycles. The average Bonchev–Trinajstić information content (AvgIpc) is 2.96. The van der Waals surface area contributed by atoms with Crippen LogP contribution < -0.4 is 10.6 Å². The molecule has 0 bridgehead atoms. The van der Waals surface area contributed by atoms with Crippen LogP contribution in [-0.4, -0.2) is 35.7 Å². The maximum atomic E-state index is 12.3. The van der Waals surface area contributed by atoms with E-state index >= 15 is 0 Å². The lowest BCUT2D eigenvalue weighted by Gasteiger charge is -2.12. The third kappa shape index (κ3) is 6.68. The third-order valence-corrected chi connectivity index (χ3v) is 4.15. The van der Waals surface area contributed by atoms with Crippen molar-refractivity contribution in [3.8, 4) is 0 Å². The molecule has 2 N–H and O–H groups in total. The van der Waals surface area contributed by atoms with Crippen LogP contribution in [0.4, 0.5) is 0 Å². The summed E-state index contributed by atoms with van der Waals surface area (Å²) in [5.41, 5.74) is 1.42. The minimum absolute atomic E-state index is 0. The Morgan fingerprint density at radius 3 is 2.79 bits per heavy atom. The van der Waals surface area contributed by atoms with Crippen molar-refractivity contribution in [3.63, 3.8) is 0 Å². The number of nitrogens with one attached hydrogen (secondary N) is 2. The molecule has 0 aromatic carbocycles. The zero-order valence-corrected chi connectivity index (χ0v) is 16.2. The maximum absolute atomic E-state index is 12.3. The Bertz CT molecular complexity index is 639. The van der Waals surface area contributed by atoms with E-state index in [1.807, 2.05) is 27.0 Å². The standard InChI is InChI=1S/C15H20N4O2S.2ClH/c1-10(16-3)8-18-14(20)13-5-4-6-17-15(13)22-9-12-7-11(2)21-19-12;;/h4-7,10,16H,8-9H2,1-3H3,(H,18,20);2*1H. The molecule has 0 aliphatic rings. The number of likely N-dealkylation sites (N-methyl/N-ethyl adjacent to an activating group) is 1. The highest BCUT2D eigenvalue weighted by molar-refractivity contribution is 7.98. The molecule has 2 aromatic rings. The van der Waals surface area contributed by atoms with Crippen LogP contribution in [0.25, 0.3) is 0 Å². The van der Waals surface area contributed by atoms with E-state index in [1.54, 1.807) is 18.3 Å². The number of aromatic nitrogens is 2. The number of hydrogen-bond donors (Lipinski definition) is 2. The fraction of sp³-hybridized carbons (Fsp3) is 0.400. The summed E-state index contributed by atoms with van der Waals surface area (Å²) in [7, 11) is 1.86. The van der Waals surface area contributed by atoms with Gasteiger partial charge in [0.05, 0.1) is 11.3 Å². The van der Waals surface area contributed by atoms with E-state index < -0.39 is 0 Å². The Hall–Kier alpha value is -1.28. The first-order valence-electron chi connectivity index (χ1n) is 7.05. The predicted octanol–water partition coefficient (Wildman–Crippen LogP) is 2.85. The van der Waals surface area contributed by atoms with E-state index in [0.29, 0.717) is 22.9 Å². The molecule has 0 radical (unpaired) electrons. The first kappa shape index (κ1) is 22.7. The van der Waals surface area contributed by atoms with Gasteiger partial charge in [0.2, 0.25) is 0 Å². The van der Waals surface area contributed by atoms with Crippen molar-refractivity contribution in [2.45, 2.75) is 30.7 Å². The van der Waals surface area contributed by atoms with Crippen LogP contribution in [0.3, 0.4) is 0 Å². The topological polar surface area (TPSA) is 80.0 Å². The van der Waals surface area contributed by atoms with E-state index in [-0.39, 0.29) is 36.8 Å². The molecule has 0 aliphatic carbocycles. The predicted molar refractivity (Wildman–Crippen MR) is 100 cm³/mol. The molecule has 0 spiro atoms. The van der Waals surface area contributed by atoms with Gasteiger partial charge in [-0.3, -0.25) is 4.79 Å². The van der Waals surface area contributed by atoms with Gasteiger partial charge in [0.1, 0.15) is 10.8 Å². The number of halogens is 2. The molecule has 24 heavy (non-hydrogen) atoms. The van der Waals surface area contributed by atoms with Crippen molar-refractivity contribution >= 4 is 42.5 Å². The smallest absolute Gasteiger partial charge is 0.254 e. The van der Waals surface area contributed by atoms with Gasteiger partial charge in [-0.1, -0.05) is 16.9 Å². The maximum Gasteiger partial charge on any atom is 0.254 e. The zero-order valence-electron chi connectivity index (χ0n) is 13.7. The molecule has 1 amide bonds. The minimum Gasteiger partial charge on any atom is -0.361 e. The van der Waals surface area contributed by atoms with Gasteiger partial charge >= 0.3 is 0 Å². The monoisotopic (exact) mass is 392 g/mol. The van der Waals surface area contributed by atoms with Gasteiger partial charge in [0, 0.05) is 30.6 Å². The van der Waals surface area contributed by atoms with Crippen molar-refractivity contribution in [1.82, 2.24) is 20.8 Å². The molecule has 2 rings (SSSR count). The molecular weight excluding hydrogens is 371 g/mol. The highest BCUT2D eigenvalue weighted by Crippen LogP contribution is 2.24. The van der Waals surface area contributed by atoms with Crippen LogP contribution in [0.1, 0.15) is 28.7 Å². The summed E-state index contributed by atoms with van der Waals surface area (Å²) in [5, 5.41) is 10.6. The molecule has 2 aromatic heterocycles. The van der Waals surface area contributed by atoms with E-state index in [1.165, 1.54) is 11.8 Å². The number of rotatable bonds is 7. The average molecular weight is 393 g/mol. The van der Waals surface area contributed by atoms with Crippen molar-refractivity contribution in [2.24, 2.45) is 0 Å². The van der Waals surface area contributed by atoms with Crippen molar-refractivity contribution in [3.05, 3.63) is 41.4 Å². The summed E-state index contributed by atoms with van der Waals surface area (Å²) in [6.45, 7) is 4.42. The summed E-state index contributed by atoms with van der Waals surface area (Å²) in [6.07, 6.45) is 1.68. The van der Waals surface area contributed by atoms with Gasteiger partial charge in [-0.05, 0) is 33.0 Å². The fourth-order valence-corrected chi connectivity index (χ4v) is 2.62.